The van der Waals surface area contributed by atoms with Crippen molar-refractivity contribution in [1.29, 1.82) is 0 Å². The highest BCUT2D eigenvalue weighted by Crippen LogP contribution is 2.31. The predicted molar refractivity (Wildman–Crippen MR) is 122 cm³/mol. The maximum atomic E-state index is 13.2. The zero-order chi connectivity index (χ0) is 22.9. The van der Waals surface area contributed by atoms with Gasteiger partial charge in [-0.2, -0.15) is 4.98 Å². The highest BCUT2D eigenvalue weighted by atomic mass is 35.5. The number of rotatable bonds is 5. The molecule has 0 saturated carbocycles. The van der Waals surface area contributed by atoms with Crippen molar-refractivity contribution in [2.75, 3.05) is 13.2 Å². The summed E-state index contributed by atoms with van der Waals surface area (Å²) in [7, 11) is 0. The Kier molecular flexibility index (Phi) is 5.99. The van der Waals surface area contributed by atoms with Gasteiger partial charge in [-0.3, -0.25) is 0 Å². The largest absolute Gasteiger partial charge is 0.459 e. The van der Waals surface area contributed by atoms with Crippen molar-refractivity contribution in [3.8, 4) is 28.4 Å². The molecule has 170 valence electrons. The van der Waals surface area contributed by atoms with Crippen LogP contribution in [-0.2, 0) is 4.74 Å². The smallest absolute Gasteiger partial charge is 0.296 e. The molecule has 7 nitrogen and oxygen atoms in total. The van der Waals surface area contributed by atoms with Crippen molar-refractivity contribution in [1.82, 2.24) is 15.0 Å². The van der Waals surface area contributed by atoms with Crippen molar-refractivity contribution in [3.05, 3.63) is 65.4 Å². The van der Waals surface area contributed by atoms with E-state index in [1.165, 1.54) is 12.1 Å². The van der Waals surface area contributed by atoms with Crippen LogP contribution in [0.1, 0.15) is 6.42 Å². The van der Waals surface area contributed by atoms with E-state index in [0.29, 0.717) is 28.3 Å². The molecule has 0 spiro atoms. The Bertz CT molecular complexity index is 1260. The SMILES string of the molecule is OC[C@H]1OC[C@H](Oc2nc3nc(-c4ccc(-c5ccc(F)cc5)cc4)c(Cl)cc3[nH]2)C[C@@H]1O. The van der Waals surface area contributed by atoms with Gasteiger partial charge in [-0.25, -0.2) is 9.37 Å². The lowest BCUT2D eigenvalue weighted by atomic mass is 10.0. The van der Waals surface area contributed by atoms with E-state index in [0.717, 1.165) is 16.7 Å². The molecule has 3 N–H and O–H groups in total. The minimum atomic E-state index is -0.810. The van der Waals surface area contributed by atoms with Crippen molar-refractivity contribution in [2.24, 2.45) is 0 Å². The van der Waals surface area contributed by atoms with Gasteiger partial charge in [-0.15, -0.1) is 0 Å². The summed E-state index contributed by atoms with van der Waals surface area (Å²) in [6.07, 6.45) is -1.49. The number of H-pyrrole nitrogens is 1. The van der Waals surface area contributed by atoms with E-state index in [-0.39, 0.29) is 25.0 Å². The number of imidazole rings is 1. The number of aromatic nitrogens is 3. The lowest BCUT2D eigenvalue weighted by Crippen LogP contribution is -2.45. The predicted octanol–water partition coefficient (Wildman–Crippen LogP) is 3.97. The Hall–Kier alpha value is -3.04. The number of nitrogens with zero attached hydrogens (tertiary/aromatic N) is 2. The van der Waals surface area contributed by atoms with Gasteiger partial charge in [0, 0.05) is 12.0 Å². The minimum absolute atomic E-state index is 0.235. The number of aliphatic hydroxyl groups excluding tert-OH is 2. The second-order valence-electron chi connectivity index (χ2n) is 7.91. The molecule has 3 heterocycles. The van der Waals surface area contributed by atoms with Crippen molar-refractivity contribution < 1.29 is 24.1 Å². The van der Waals surface area contributed by atoms with Crippen LogP contribution >= 0.6 is 11.6 Å². The number of benzene rings is 2. The van der Waals surface area contributed by atoms with Gasteiger partial charge in [0.25, 0.3) is 6.01 Å². The van der Waals surface area contributed by atoms with E-state index in [2.05, 4.69) is 15.0 Å². The van der Waals surface area contributed by atoms with Gasteiger partial charge >= 0.3 is 0 Å². The molecule has 1 aliphatic rings. The first kappa shape index (κ1) is 21.8. The fraction of sp³-hybridized carbons (Fsp3) is 0.250. The molecule has 1 saturated heterocycles. The second-order valence-corrected chi connectivity index (χ2v) is 8.32. The van der Waals surface area contributed by atoms with Crippen molar-refractivity contribution in [3.63, 3.8) is 0 Å². The summed E-state index contributed by atoms with van der Waals surface area (Å²) in [5.74, 6) is -0.274. The summed E-state index contributed by atoms with van der Waals surface area (Å²) in [6, 6.07) is 16.0. The Morgan fingerprint density at radius 3 is 2.39 bits per heavy atom. The number of halogens is 2. The van der Waals surface area contributed by atoms with Crippen LogP contribution in [0, 0.1) is 5.82 Å². The Morgan fingerprint density at radius 2 is 1.73 bits per heavy atom. The molecule has 33 heavy (non-hydrogen) atoms. The first-order chi connectivity index (χ1) is 16.0. The highest BCUT2D eigenvalue weighted by molar-refractivity contribution is 6.33. The Labute approximate surface area is 193 Å². The monoisotopic (exact) mass is 469 g/mol. The third kappa shape index (κ3) is 4.56. The molecular formula is C24H21ClFN3O4. The molecule has 1 fully saturated rings. The summed E-state index contributed by atoms with van der Waals surface area (Å²) in [4.78, 5) is 12.0. The van der Waals surface area contributed by atoms with Gasteiger partial charge < -0.3 is 24.7 Å². The normalized spacial score (nSPS) is 20.8. The second kappa shape index (κ2) is 9.07. The summed E-state index contributed by atoms with van der Waals surface area (Å²) >= 11 is 6.49. The fourth-order valence-corrected chi connectivity index (χ4v) is 4.12. The first-order valence-electron chi connectivity index (χ1n) is 10.5. The van der Waals surface area contributed by atoms with Crippen LogP contribution in [0.25, 0.3) is 33.5 Å². The molecule has 2 aromatic carbocycles. The van der Waals surface area contributed by atoms with Gasteiger partial charge in [0.05, 0.1) is 35.6 Å². The molecule has 0 aliphatic carbocycles. The number of aromatic amines is 1. The number of aliphatic hydroxyl groups is 2. The average Bonchev–Trinajstić information content (AvgIpc) is 3.20. The molecular weight excluding hydrogens is 449 g/mol. The summed E-state index contributed by atoms with van der Waals surface area (Å²) in [5.41, 5.74) is 4.32. The summed E-state index contributed by atoms with van der Waals surface area (Å²) in [5, 5.41) is 19.7. The first-order valence-corrected chi connectivity index (χ1v) is 10.9. The van der Waals surface area contributed by atoms with Gasteiger partial charge in [0.2, 0.25) is 0 Å². The summed E-state index contributed by atoms with van der Waals surface area (Å²) < 4.78 is 24.4. The molecule has 0 unspecified atom stereocenters. The van der Waals surface area contributed by atoms with E-state index in [1.54, 1.807) is 18.2 Å². The maximum Gasteiger partial charge on any atom is 0.296 e. The minimum Gasteiger partial charge on any atom is -0.459 e. The molecule has 2 aromatic heterocycles. The Balaban J connectivity index is 1.36. The lowest BCUT2D eigenvalue weighted by Gasteiger charge is -2.31. The van der Waals surface area contributed by atoms with E-state index >= 15 is 0 Å². The van der Waals surface area contributed by atoms with Crippen LogP contribution < -0.4 is 4.74 Å². The zero-order valence-corrected chi connectivity index (χ0v) is 18.2. The quantitative estimate of drug-likeness (QED) is 0.409. The van der Waals surface area contributed by atoms with Crippen molar-refractivity contribution in [2.45, 2.75) is 24.7 Å². The zero-order valence-electron chi connectivity index (χ0n) is 17.4. The summed E-state index contributed by atoms with van der Waals surface area (Å²) in [6.45, 7) is -0.00618. The molecule has 0 amide bonds. The maximum absolute atomic E-state index is 13.2. The number of hydrogen-bond donors (Lipinski definition) is 3. The molecule has 0 radical (unpaired) electrons. The standard InChI is InChI=1S/C24H21ClFN3O4/c25-18-10-19-23(29-24(27-19)33-17-9-20(31)21(11-30)32-12-17)28-22(18)15-3-1-13(2-4-15)14-5-7-16(26)8-6-14/h1-8,10,17,20-21,30-31H,9,11-12H2,(H,27,28,29)/t17-,20+,21-/m1/s1. The number of nitrogens with one attached hydrogen (secondary N) is 1. The van der Waals surface area contributed by atoms with Crippen LogP contribution in [-0.4, -0.2) is 56.7 Å². The van der Waals surface area contributed by atoms with Crippen molar-refractivity contribution >= 4 is 22.8 Å². The Morgan fingerprint density at radius 1 is 1.06 bits per heavy atom. The average molecular weight is 470 g/mol. The fourth-order valence-electron chi connectivity index (χ4n) is 3.86. The van der Waals surface area contributed by atoms with E-state index in [1.807, 2.05) is 24.3 Å². The molecule has 5 rings (SSSR count). The third-order valence-corrected chi connectivity index (χ3v) is 5.92. The number of pyridine rings is 1. The van der Waals surface area contributed by atoms with E-state index in [9.17, 15) is 14.6 Å². The van der Waals surface area contributed by atoms with Crippen LogP contribution in [0.4, 0.5) is 4.39 Å². The van der Waals surface area contributed by atoms with E-state index in [4.69, 9.17) is 21.1 Å². The van der Waals surface area contributed by atoms with Gasteiger partial charge in [-0.1, -0.05) is 48.0 Å². The van der Waals surface area contributed by atoms with Gasteiger partial charge in [0.1, 0.15) is 18.0 Å². The molecule has 3 atom stereocenters. The van der Waals surface area contributed by atoms with Gasteiger partial charge in [0.15, 0.2) is 5.65 Å². The van der Waals surface area contributed by atoms with Gasteiger partial charge in [-0.05, 0) is 29.3 Å². The van der Waals surface area contributed by atoms with Crippen LogP contribution in [0.2, 0.25) is 5.02 Å². The molecule has 9 heteroatoms. The number of fused-ring (bicyclic) bond motifs is 1. The molecule has 1 aliphatic heterocycles. The topological polar surface area (TPSA) is 100 Å². The molecule has 4 aromatic rings. The lowest BCUT2D eigenvalue weighted by molar-refractivity contribution is -0.131. The third-order valence-electron chi connectivity index (χ3n) is 5.63. The number of hydrogen-bond acceptors (Lipinski definition) is 6. The molecule has 0 bridgehead atoms. The van der Waals surface area contributed by atoms with Crippen LogP contribution in [0.3, 0.4) is 0 Å². The highest BCUT2D eigenvalue weighted by Gasteiger charge is 2.31. The van der Waals surface area contributed by atoms with Crippen LogP contribution in [0.15, 0.2) is 54.6 Å². The number of ether oxygens (including phenoxy) is 2. The van der Waals surface area contributed by atoms with Crippen LogP contribution in [0.5, 0.6) is 6.01 Å². The van der Waals surface area contributed by atoms with E-state index < -0.39 is 18.3 Å².